The minimum atomic E-state index is -0.145. The van der Waals surface area contributed by atoms with E-state index >= 15 is 0 Å². The maximum Gasteiger partial charge on any atom is 0.271 e. The molecule has 3 heterocycles. The third-order valence-electron chi connectivity index (χ3n) is 5.55. The molecule has 0 bridgehead atoms. The van der Waals surface area contributed by atoms with Gasteiger partial charge in [-0.25, -0.2) is 4.98 Å². The Hall–Kier alpha value is -1.89. The second-order valence-corrected chi connectivity index (χ2v) is 7.84. The molecule has 4 rings (SSSR count). The number of nitrogens with zero attached hydrogens (tertiary/aromatic N) is 3. The lowest BCUT2D eigenvalue weighted by Crippen LogP contribution is -2.35. The second-order valence-electron chi connectivity index (χ2n) is 7.84. The lowest BCUT2D eigenvalue weighted by Gasteiger charge is -2.21. The number of carbonyl (C=O) groups is 2. The molecule has 0 aromatic carbocycles. The van der Waals surface area contributed by atoms with Crippen LogP contribution in [0.4, 0.5) is 0 Å². The molecule has 1 saturated heterocycles. The van der Waals surface area contributed by atoms with Gasteiger partial charge in [0, 0.05) is 25.6 Å². The highest BCUT2D eigenvalue weighted by Gasteiger charge is 2.59. The minimum Gasteiger partial charge on any atom is -0.381 e. The Morgan fingerprint density at radius 1 is 1.32 bits per heavy atom. The number of aromatic nitrogens is 2. The summed E-state index contributed by atoms with van der Waals surface area (Å²) < 4.78 is 7.42. The lowest BCUT2D eigenvalue weighted by molar-refractivity contribution is -0.134. The number of nitrogens with one attached hydrogen (secondary N) is 1. The molecule has 1 aromatic heterocycles. The van der Waals surface area contributed by atoms with E-state index in [4.69, 9.17) is 4.74 Å². The number of hydrogen-bond donors (Lipinski definition) is 1. The van der Waals surface area contributed by atoms with Gasteiger partial charge in [0.25, 0.3) is 5.91 Å². The first-order valence-corrected chi connectivity index (χ1v) is 9.25. The zero-order valence-electron chi connectivity index (χ0n) is 14.9. The van der Waals surface area contributed by atoms with Crippen molar-refractivity contribution in [1.82, 2.24) is 19.8 Å². The third-order valence-corrected chi connectivity index (χ3v) is 5.55. The van der Waals surface area contributed by atoms with Gasteiger partial charge < -0.3 is 19.5 Å². The molecule has 7 heteroatoms. The van der Waals surface area contributed by atoms with Gasteiger partial charge in [0.2, 0.25) is 5.91 Å². The molecule has 1 saturated carbocycles. The van der Waals surface area contributed by atoms with Crippen LogP contribution in [-0.4, -0.2) is 52.6 Å². The first-order valence-electron chi connectivity index (χ1n) is 9.25. The summed E-state index contributed by atoms with van der Waals surface area (Å²) in [5, 5.41) is 2.93. The number of rotatable bonds is 4. The molecule has 3 aliphatic rings. The van der Waals surface area contributed by atoms with Crippen LogP contribution in [0, 0.1) is 23.7 Å². The molecule has 0 radical (unpaired) electrons. The summed E-state index contributed by atoms with van der Waals surface area (Å²) in [4.78, 5) is 31.6. The fourth-order valence-electron chi connectivity index (χ4n) is 4.03. The predicted molar refractivity (Wildman–Crippen MR) is 90.7 cm³/mol. The molecular weight excluding hydrogens is 320 g/mol. The number of hydrogen-bond acceptors (Lipinski definition) is 4. The van der Waals surface area contributed by atoms with Crippen LogP contribution in [0.2, 0.25) is 0 Å². The molecule has 1 aromatic rings. The number of aryl methyl sites for hydroxylation is 1. The molecular formula is C18H26N4O3. The Morgan fingerprint density at radius 2 is 2.08 bits per heavy atom. The number of ether oxygens (including phenoxy) is 1. The van der Waals surface area contributed by atoms with Gasteiger partial charge in [0.05, 0.1) is 31.8 Å². The maximum atomic E-state index is 12.9. The Morgan fingerprint density at radius 3 is 2.80 bits per heavy atom. The SMILES string of the molecule is CC(C)CNC(=O)c1ncn2c1CN(C(=O)C1[C@H]3COC[C@@H]13)CCC2. The van der Waals surface area contributed by atoms with Crippen molar-refractivity contribution in [3.05, 3.63) is 17.7 Å². The minimum absolute atomic E-state index is 0.126. The Kier molecular flexibility index (Phi) is 4.27. The zero-order chi connectivity index (χ0) is 17.6. The smallest absolute Gasteiger partial charge is 0.271 e. The number of fused-ring (bicyclic) bond motifs is 2. The van der Waals surface area contributed by atoms with Crippen molar-refractivity contribution < 1.29 is 14.3 Å². The zero-order valence-corrected chi connectivity index (χ0v) is 14.9. The van der Waals surface area contributed by atoms with E-state index in [1.807, 2.05) is 9.47 Å². The molecule has 1 N–H and O–H groups in total. The molecule has 2 amide bonds. The van der Waals surface area contributed by atoms with Gasteiger partial charge in [0.15, 0.2) is 5.69 Å². The van der Waals surface area contributed by atoms with Crippen molar-refractivity contribution in [3.8, 4) is 0 Å². The van der Waals surface area contributed by atoms with E-state index in [-0.39, 0.29) is 17.7 Å². The van der Waals surface area contributed by atoms with E-state index in [1.54, 1.807) is 6.33 Å². The van der Waals surface area contributed by atoms with Crippen LogP contribution in [0.5, 0.6) is 0 Å². The summed E-state index contributed by atoms with van der Waals surface area (Å²) in [5.74, 6) is 1.42. The average molecular weight is 346 g/mol. The highest BCUT2D eigenvalue weighted by Crippen LogP contribution is 2.51. The number of carbonyl (C=O) groups excluding carboxylic acids is 2. The van der Waals surface area contributed by atoms with E-state index in [2.05, 4.69) is 24.1 Å². The van der Waals surface area contributed by atoms with Crippen LogP contribution in [0.25, 0.3) is 0 Å². The molecule has 2 aliphatic heterocycles. The van der Waals surface area contributed by atoms with Crippen LogP contribution >= 0.6 is 0 Å². The molecule has 136 valence electrons. The monoisotopic (exact) mass is 346 g/mol. The van der Waals surface area contributed by atoms with E-state index in [9.17, 15) is 9.59 Å². The van der Waals surface area contributed by atoms with Crippen LogP contribution in [-0.2, 0) is 22.6 Å². The molecule has 3 atom stereocenters. The fraction of sp³-hybridized carbons (Fsp3) is 0.722. The van der Waals surface area contributed by atoms with Crippen molar-refractivity contribution in [3.63, 3.8) is 0 Å². The maximum absolute atomic E-state index is 12.9. The molecule has 2 fully saturated rings. The van der Waals surface area contributed by atoms with Gasteiger partial charge in [-0.3, -0.25) is 9.59 Å². The first kappa shape index (κ1) is 16.6. The second kappa shape index (κ2) is 6.44. The van der Waals surface area contributed by atoms with Crippen LogP contribution < -0.4 is 5.32 Å². The fourth-order valence-corrected chi connectivity index (χ4v) is 4.03. The van der Waals surface area contributed by atoms with Crippen molar-refractivity contribution in [1.29, 1.82) is 0 Å². The molecule has 0 spiro atoms. The molecule has 7 nitrogen and oxygen atoms in total. The topological polar surface area (TPSA) is 76.5 Å². The van der Waals surface area contributed by atoms with Gasteiger partial charge in [-0.2, -0.15) is 0 Å². The third kappa shape index (κ3) is 3.05. The Balaban J connectivity index is 1.48. The number of imidazole rings is 1. The Bertz CT molecular complexity index is 674. The molecule has 1 unspecified atom stereocenters. The molecule has 25 heavy (non-hydrogen) atoms. The van der Waals surface area contributed by atoms with Crippen molar-refractivity contribution >= 4 is 11.8 Å². The number of amides is 2. The lowest BCUT2D eigenvalue weighted by atomic mass is 10.2. The van der Waals surface area contributed by atoms with Gasteiger partial charge in [-0.1, -0.05) is 13.8 Å². The van der Waals surface area contributed by atoms with Crippen LogP contribution in [0.15, 0.2) is 6.33 Å². The van der Waals surface area contributed by atoms with Crippen molar-refractivity contribution in [2.75, 3.05) is 26.3 Å². The Labute approximate surface area is 147 Å². The average Bonchev–Trinajstić information content (AvgIpc) is 2.91. The van der Waals surface area contributed by atoms with E-state index in [1.165, 1.54) is 0 Å². The van der Waals surface area contributed by atoms with Crippen molar-refractivity contribution in [2.45, 2.75) is 33.4 Å². The predicted octanol–water partition coefficient (Wildman–Crippen LogP) is 0.894. The van der Waals surface area contributed by atoms with E-state index < -0.39 is 0 Å². The first-order chi connectivity index (χ1) is 12.1. The van der Waals surface area contributed by atoms with E-state index in [0.717, 1.165) is 38.4 Å². The normalized spacial score (nSPS) is 27.6. The van der Waals surface area contributed by atoms with E-state index in [0.29, 0.717) is 36.5 Å². The standard InChI is InChI=1S/C18H26N4O3/c1-11(2)6-19-17(23)16-14-7-21(4-3-5-22(14)10-20-16)18(24)15-12-8-25-9-13(12)15/h10-13,15H,3-9H2,1-2H3,(H,19,23)/t12-,13+,15?. The van der Waals surface area contributed by atoms with Crippen molar-refractivity contribution in [2.24, 2.45) is 23.7 Å². The van der Waals surface area contributed by atoms with Gasteiger partial charge in [-0.15, -0.1) is 0 Å². The van der Waals surface area contributed by atoms with Gasteiger partial charge >= 0.3 is 0 Å². The van der Waals surface area contributed by atoms with Gasteiger partial charge in [0.1, 0.15) is 0 Å². The summed E-state index contributed by atoms with van der Waals surface area (Å²) in [6.45, 7) is 8.19. The van der Waals surface area contributed by atoms with Gasteiger partial charge in [-0.05, 0) is 24.2 Å². The summed E-state index contributed by atoms with van der Waals surface area (Å²) in [5.41, 5.74) is 1.31. The summed E-state index contributed by atoms with van der Waals surface area (Å²) >= 11 is 0. The summed E-state index contributed by atoms with van der Waals surface area (Å²) in [7, 11) is 0. The van der Waals surface area contributed by atoms with Crippen LogP contribution in [0.1, 0.15) is 36.5 Å². The summed E-state index contributed by atoms with van der Waals surface area (Å²) in [6.07, 6.45) is 2.62. The largest absolute Gasteiger partial charge is 0.381 e. The highest BCUT2D eigenvalue weighted by molar-refractivity contribution is 5.93. The highest BCUT2D eigenvalue weighted by atomic mass is 16.5. The quantitative estimate of drug-likeness (QED) is 0.879. The van der Waals surface area contributed by atoms with Crippen LogP contribution in [0.3, 0.4) is 0 Å². The molecule has 1 aliphatic carbocycles. The summed E-state index contributed by atoms with van der Waals surface area (Å²) in [6, 6.07) is 0.